The van der Waals surface area contributed by atoms with Crippen molar-refractivity contribution in [3.63, 3.8) is 0 Å². The number of aromatic nitrogens is 2. The standard InChI is InChI=1S/C12H15BrN4S/c1-14-7-5-10-15-8-6-11(16-10)17(2)12-4-3-9(13)18-12/h3-4,6,8,14H,5,7H2,1-2H3. The van der Waals surface area contributed by atoms with Gasteiger partial charge in [-0.05, 0) is 41.2 Å². The van der Waals surface area contributed by atoms with Crippen molar-refractivity contribution in [2.75, 3.05) is 25.5 Å². The summed E-state index contributed by atoms with van der Waals surface area (Å²) in [4.78, 5) is 10.9. The van der Waals surface area contributed by atoms with Crippen LogP contribution in [0.15, 0.2) is 28.2 Å². The molecule has 0 spiro atoms. The maximum Gasteiger partial charge on any atom is 0.137 e. The molecule has 1 N–H and O–H groups in total. The Labute approximate surface area is 119 Å². The second-order valence-corrected chi connectivity index (χ2v) is 6.26. The zero-order chi connectivity index (χ0) is 13.0. The Balaban J connectivity index is 2.17. The Morgan fingerprint density at radius 3 is 2.89 bits per heavy atom. The molecule has 18 heavy (non-hydrogen) atoms. The van der Waals surface area contributed by atoms with Crippen LogP contribution in [0.1, 0.15) is 5.82 Å². The molecule has 0 saturated carbocycles. The van der Waals surface area contributed by atoms with Crippen LogP contribution in [-0.4, -0.2) is 30.6 Å². The summed E-state index contributed by atoms with van der Waals surface area (Å²) in [6.07, 6.45) is 2.65. The lowest BCUT2D eigenvalue weighted by Crippen LogP contribution is -2.15. The molecule has 0 fully saturated rings. The fourth-order valence-electron chi connectivity index (χ4n) is 1.53. The van der Waals surface area contributed by atoms with E-state index in [1.807, 2.05) is 32.4 Å². The number of halogens is 1. The molecule has 0 aliphatic carbocycles. The highest BCUT2D eigenvalue weighted by Crippen LogP contribution is 2.32. The average Bonchev–Trinajstić information content (AvgIpc) is 2.82. The van der Waals surface area contributed by atoms with Gasteiger partial charge in [0.1, 0.15) is 11.6 Å². The maximum atomic E-state index is 4.56. The van der Waals surface area contributed by atoms with E-state index in [2.05, 4.69) is 42.2 Å². The molecular formula is C12H15BrN4S. The monoisotopic (exact) mass is 326 g/mol. The van der Waals surface area contributed by atoms with Gasteiger partial charge in [-0.2, -0.15) is 0 Å². The van der Waals surface area contributed by atoms with Crippen molar-refractivity contribution < 1.29 is 0 Å². The number of likely N-dealkylation sites (N-methyl/N-ethyl adjacent to an activating group) is 1. The Kier molecular flexibility index (Phi) is 4.68. The number of rotatable bonds is 5. The van der Waals surface area contributed by atoms with E-state index in [9.17, 15) is 0 Å². The van der Waals surface area contributed by atoms with Gasteiger partial charge in [0.25, 0.3) is 0 Å². The Morgan fingerprint density at radius 2 is 2.22 bits per heavy atom. The zero-order valence-corrected chi connectivity index (χ0v) is 12.8. The van der Waals surface area contributed by atoms with Crippen molar-refractivity contribution in [1.82, 2.24) is 15.3 Å². The normalized spacial score (nSPS) is 10.6. The third-order valence-corrected chi connectivity index (χ3v) is 4.22. The molecule has 6 heteroatoms. The minimum absolute atomic E-state index is 0.840. The first-order valence-electron chi connectivity index (χ1n) is 5.66. The topological polar surface area (TPSA) is 41.1 Å². The largest absolute Gasteiger partial charge is 0.321 e. The first-order chi connectivity index (χ1) is 8.70. The summed E-state index contributed by atoms with van der Waals surface area (Å²) < 4.78 is 1.12. The Morgan fingerprint density at radius 1 is 1.39 bits per heavy atom. The molecule has 0 atom stereocenters. The molecule has 0 saturated heterocycles. The first-order valence-corrected chi connectivity index (χ1v) is 7.27. The fourth-order valence-corrected chi connectivity index (χ4v) is 2.86. The lowest BCUT2D eigenvalue weighted by Gasteiger charge is -2.16. The van der Waals surface area contributed by atoms with Crippen LogP contribution in [0.2, 0.25) is 0 Å². The SMILES string of the molecule is CNCCc1nccc(N(C)c2ccc(Br)s2)n1. The van der Waals surface area contributed by atoms with Crippen LogP contribution in [0.3, 0.4) is 0 Å². The van der Waals surface area contributed by atoms with Gasteiger partial charge in [-0.3, -0.25) is 0 Å². The molecule has 2 aromatic rings. The number of anilines is 2. The maximum absolute atomic E-state index is 4.56. The van der Waals surface area contributed by atoms with E-state index in [-0.39, 0.29) is 0 Å². The van der Waals surface area contributed by atoms with Crippen molar-refractivity contribution in [3.8, 4) is 0 Å². The highest BCUT2D eigenvalue weighted by atomic mass is 79.9. The summed E-state index contributed by atoms with van der Waals surface area (Å²) in [5, 5.41) is 4.26. The van der Waals surface area contributed by atoms with E-state index >= 15 is 0 Å². The second-order valence-electron chi connectivity index (χ2n) is 3.82. The van der Waals surface area contributed by atoms with Gasteiger partial charge in [-0.1, -0.05) is 0 Å². The van der Waals surface area contributed by atoms with Gasteiger partial charge in [0, 0.05) is 26.2 Å². The Hall–Kier alpha value is -0.980. The highest BCUT2D eigenvalue weighted by molar-refractivity contribution is 9.11. The highest BCUT2D eigenvalue weighted by Gasteiger charge is 2.08. The van der Waals surface area contributed by atoms with Gasteiger partial charge < -0.3 is 10.2 Å². The lowest BCUT2D eigenvalue weighted by atomic mass is 10.4. The van der Waals surface area contributed by atoms with Crippen molar-refractivity contribution in [2.24, 2.45) is 0 Å². The zero-order valence-electron chi connectivity index (χ0n) is 10.4. The van der Waals surface area contributed by atoms with E-state index in [4.69, 9.17) is 0 Å². The van der Waals surface area contributed by atoms with E-state index in [1.54, 1.807) is 11.3 Å². The molecule has 0 amide bonds. The molecule has 0 aromatic carbocycles. The molecule has 2 heterocycles. The second kappa shape index (κ2) is 6.26. The molecule has 96 valence electrons. The van der Waals surface area contributed by atoms with E-state index in [1.165, 1.54) is 0 Å². The first kappa shape index (κ1) is 13.5. The number of hydrogen-bond acceptors (Lipinski definition) is 5. The van der Waals surface area contributed by atoms with Crippen LogP contribution < -0.4 is 10.2 Å². The fraction of sp³-hybridized carbons (Fsp3) is 0.333. The van der Waals surface area contributed by atoms with Crippen LogP contribution in [0.5, 0.6) is 0 Å². The summed E-state index contributed by atoms with van der Waals surface area (Å²) in [5.41, 5.74) is 0. The van der Waals surface area contributed by atoms with Gasteiger partial charge in [-0.25, -0.2) is 9.97 Å². The molecule has 2 rings (SSSR count). The van der Waals surface area contributed by atoms with Gasteiger partial charge in [0.15, 0.2) is 0 Å². The molecule has 4 nitrogen and oxygen atoms in total. The predicted molar refractivity (Wildman–Crippen MR) is 79.7 cm³/mol. The number of nitrogens with one attached hydrogen (secondary N) is 1. The van der Waals surface area contributed by atoms with Crippen molar-refractivity contribution >= 4 is 38.1 Å². The minimum Gasteiger partial charge on any atom is -0.321 e. The summed E-state index contributed by atoms with van der Waals surface area (Å²) in [6.45, 7) is 0.887. The van der Waals surface area contributed by atoms with Crippen molar-refractivity contribution in [1.29, 1.82) is 0 Å². The molecular weight excluding hydrogens is 312 g/mol. The summed E-state index contributed by atoms with van der Waals surface area (Å²) in [5.74, 6) is 1.79. The van der Waals surface area contributed by atoms with E-state index < -0.39 is 0 Å². The predicted octanol–water partition coefficient (Wildman–Crippen LogP) is 2.83. The van der Waals surface area contributed by atoms with Crippen LogP contribution in [0.4, 0.5) is 10.8 Å². The van der Waals surface area contributed by atoms with Crippen LogP contribution >= 0.6 is 27.3 Å². The third-order valence-electron chi connectivity index (χ3n) is 2.52. The molecule has 0 bridgehead atoms. The van der Waals surface area contributed by atoms with Crippen LogP contribution in [0, 0.1) is 0 Å². The molecule has 2 aromatic heterocycles. The van der Waals surface area contributed by atoms with Gasteiger partial charge >= 0.3 is 0 Å². The average molecular weight is 327 g/mol. The molecule has 0 aliphatic rings. The number of thiophene rings is 1. The molecule has 0 aliphatic heterocycles. The van der Waals surface area contributed by atoms with E-state index in [0.29, 0.717) is 0 Å². The number of hydrogen-bond donors (Lipinski definition) is 1. The number of nitrogens with zero attached hydrogens (tertiary/aromatic N) is 3. The van der Waals surface area contributed by atoms with Crippen molar-refractivity contribution in [3.05, 3.63) is 34.0 Å². The van der Waals surface area contributed by atoms with Crippen molar-refractivity contribution in [2.45, 2.75) is 6.42 Å². The Bertz CT molecular complexity index is 514. The smallest absolute Gasteiger partial charge is 0.137 e. The van der Waals surface area contributed by atoms with Crippen LogP contribution in [-0.2, 0) is 6.42 Å². The minimum atomic E-state index is 0.840. The van der Waals surface area contributed by atoms with Gasteiger partial charge in [0.2, 0.25) is 0 Å². The quantitative estimate of drug-likeness (QED) is 0.917. The molecule has 0 unspecified atom stereocenters. The lowest BCUT2D eigenvalue weighted by molar-refractivity contribution is 0.754. The summed E-state index contributed by atoms with van der Waals surface area (Å²) in [6, 6.07) is 6.04. The van der Waals surface area contributed by atoms with Gasteiger partial charge in [-0.15, -0.1) is 11.3 Å². The van der Waals surface area contributed by atoms with Gasteiger partial charge in [0.05, 0.1) is 8.79 Å². The summed E-state index contributed by atoms with van der Waals surface area (Å²) in [7, 11) is 3.95. The summed E-state index contributed by atoms with van der Waals surface area (Å²) >= 11 is 5.16. The third kappa shape index (κ3) is 3.28. The molecule has 0 radical (unpaired) electrons. The van der Waals surface area contributed by atoms with Crippen LogP contribution in [0.25, 0.3) is 0 Å². The van der Waals surface area contributed by atoms with E-state index in [0.717, 1.165) is 33.4 Å².